The van der Waals surface area contributed by atoms with Crippen molar-refractivity contribution in [2.45, 2.75) is 26.3 Å². The molecule has 0 saturated heterocycles. The molecule has 3 rings (SSSR count). The Balaban J connectivity index is 1.87. The van der Waals surface area contributed by atoms with Gasteiger partial charge in [-0.25, -0.2) is 9.78 Å². The Morgan fingerprint density at radius 2 is 2.33 bits per heavy atom. The van der Waals surface area contributed by atoms with E-state index in [1.165, 1.54) is 10.8 Å². The van der Waals surface area contributed by atoms with Crippen molar-refractivity contribution in [2.75, 3.05) is 6.61 Å². The van der Waals surface area contributed by atoms with Gasteiger partial charge in [-0.15, -0.1) is 0 Å². The predicted octanol–water partition coefficient (Wildman–Crippen LogP) is 3.00. The van der Waals surface area contributed by atoms with Crippen molar-refractivity contribution in [3.8, 4) is 0 Å². The van der Waals surface area contributed by atoms with Crippen LogP contribution < -0.4 is 11.0 Å². The van der Waals surface area contributed by atoms with E-state index in [1.807, 2.05) is 25.1 Å². The van der Waals surface area contributed by atoms with Gasteiger partial charge in [-0.3, -0.25) is 14.8 Å². The topological polar surface area (TPSA) is 85.6 Å². The summed E-state index contributed by atoms with van der Waals surface area (Å²) < 4.78 is 6.42. The third-order valence-electron chi connectivity index (χ3n) is 4.08. The predicted molar refractivity (Wildman–Crippen MR) is 104 cm³/mol. The molecule has 1 atom stereocenters. The summed E-state index contributed by atoms with van der Waals surface area (Å²) in [5.74, 6) is -0.240. The molecule has 1 N–H and O–H groups in total. The molecule has 27 heavy (non-hydrogen) atoms. The maximum Gasteiger partial charge on any atom is 0.345 e. The number of esters is 1. The number of carbonyl (C=O) groups is 1. The molecule has 0 bridgehead atoms. The summed E-state index contributed by atoms with van der Waals surface area (Å²) >= 11 is 5.96. The minimum absolute atomic E-state index is 0.0730. The highest BCUT2D eigenvalue weighted by molar-refractivity contribution is 6.30. The highest BCUT2D eigenvalue weighted by Crippen LogP contribution is 2.23. The molecule has 1 aromatic heterocycles. The number of nitrogens with one attached hydrogen (secondary N) is 1. The summed E-state index contributed by atoms with van der Waals surface area (Å²) in [7, 11) is 0. The molecule has 1 aliphatic heterocycles. The lowest BCUT2D eigenvalue weighted by atomic mass is 10.1. The third kappa shape index (κ3) is 4.09. The van der Waals surface area contributed by atoms with Crippen LogP contribution in [0.1, 0.15) is 48.1 Å². The van der Waals surface area contributed by atoms with Crippen LogP contribution in [0.3, 0.4) is 0 Å². The number of hydrazone groups is 1. The summed E-state index contributed by atoms with van der Waals surface area (Å²) in [4.78, 5) is 29.0. The second-order valence-corrected chi connectivity index (χ2v) is 6.46. The molecule has 140 valence electrons. The fourth-order valence-electron chi connectivity index (χ4n) is 2.77. The summed E-state index contributed by atoms with van der Waals surface area (Å²) in [6, 6.07) is 7.14. The van der Waals surface area contributed by atoms with Crippen LogP contribution >= 0.6 is 11.6 Å². The van der Waals surface area contributed by atoms with Gasteiger partial charge in [0.2, 0.25) is 0 Å². The van der Waals surface area contributed by atoms with Crippen molar-refractivity contribution in [3.05, 3.63) is 68.9 Å². The Morgan fingerprint density at radius 3 is 3.07 bits per heavy atom. The molecule has 0 spiro atoms. The zero-order valence-electron chi connectivity index (χ0n) is 15.0. The molecule has 2 heterocycles. The number of halogens is 1. The summed E-state index contributed by atoms with van der Waals surface area (Å²) in [6.45, 7) is 3.77. The minimum Gasteiger partial charge on any atom is -0.462 e. The largest absolute Gasteiger partial charge is 0.462 e. The van der Waals surface area contributed by atoms with Crippen LogP contribution in [0.15, 0.2) is 46.4 Å². The first-order chi connectivity index (χ1) is 13.0. The number of rotatable bonds is 5. The Kier molecular flexibility index (Phi) is 5.71. The van der Waals surface area contributed by atoms with Gasteiger partial charge in [0.15, 0.2) is 5.82 Å². The SMILES string of the molecule is CCOC(=O)c1cnc2n(c1=O)C(C)CC=C2N/N=C/c1cccc(Cl)c1. The molecule has 2 aromatic rings. The van der Waals surface area contributed by atoms with Gasteiger partial charge in [0.25, 0.3) is 5.56 Å². The maximum absolute atomic E-state index is 12.7. The van der Waals surface area contributed by atoms with Crippen molar-refractivity contribution in [3.63, 3.8) is 0 Å². The normalized spacial score (nSPS) is 16.0. The molecule has 8 heteroatoms. The summed E-state index contributed by atoms with van der Waals surface area (Å²) in [5.41, 5.74) is 3.86. The lowest BCUT2D eigenvalue weighted by Gasteiger charge is -2.24. The number of ether oxygens (including phenoxy) is 1. The van der Waals surface area contributed by atoms with Gasteiger partial charge in [0.05, 0.1) is 18.5 Å². The van der Waals surface area contributed by atoms with Gasteiger partial charge in [0, 0.05) is 17.3 Å². The van der Waals surface area contributed by atoms with E-state index in [1.54, 1.807) is 25.3 Å². The van der Waals surface area contributed by atoms with Gasteiger partial charge >= 0.3 is 5.97 Å². The van der Waals surface area contributed by atoms with Gasteiger partial charge in [0.1, 0.15) is 5.56 Å². The van der Waals surface area contributed by atoms with E-state index in [0.717, 1.165) is 5.56 Å². The molecule has 0 aliphatic carbocycles. The number of hydrogen-bond donors (Lipinski definition) is 1. The second-order valence-electron chi connectivity index (χ2n) is 6.02. The number of hydrogen-bond acceptors (Lipinski definition) is 6. The molecule has 0 amide bonds. The Bertz CT molecular complexity index is 981. The van der Waals surface area contributed by atoms with Gasteiger partial charge in [-0.2, -0.15) is 5.10 Å². The van der Waals surface area contributed by atoms with Crippen molar-refractivity contribution < 1.29 is 9.53 Å². The van der Waals surface area contributed by atoms with E-state index in [2.05, 4.69) is 15.5 Å². The quantitative estimate of drug-likeness (QED) is 0.485. The summed E-state index contributed by atoms with van der Waals surface area (Å²) in [6.07, 6.45) is 5.41. The van der Waals surface area contributed by atoms with E-state index in [9.17, 15) is 9.59 Å². The van der Waals surface area contributed by atoms with Crippen LogP contribution in [0.5, 0.6) is 0 Å². The molecular formula is C19H19ClN4O3. The van der Waals surface area contributed by atoms with Gasteiger partial charge in [-0.1, -0.05) is 29.8 Å². The number of carbonyl (C=O) groups excluding carboxylic acids is 1. The molecule has 0 saturated carbocycles. The van der Waals surface area contributed by atoms with E-state index < -0.39 is 11.5 Å². The Hall–Kier alpha value is -2.93. The Morgan fingerprint density at radius 1 is 1.52 bits per heavy atom. The molecule has 1 aromatic carbocycles. The highest BCUT2D eigenvalue weighted by atomic mass is 35.5. The van der Waals surface area contributed by atoms with Crippen molar-refractivity contribution in [1.29, 1.82) is 0 Å². The van der Waals surface area contributed by atoms with Crippen LogP contribution in [0, 0.1) is 0 Å². The first kappa shape index (κ1) is 18.8. The summed E-state index contributed by atoms with van der Waals surface area (Å²) in [5, 5.41) is 4.82. The number of allylic oxidation sites excluding steroid dienone is 1. The average Bonchev–Trinajstić information content (AvgIpc) is 2.64. The third-order valence-corrected chi connectivity index (χ3v) is 4.32. The highest BCUT2D eigenvalue weighted by Gasteiger charge is 2.24. The number of fused-ring (bicyclic) bond motifs is 1. The fourth-order valence-corrected chi connectivity index (χ4v) is 2.97. The molecular weight excluding hydrogens is 368 g/mol. The zero-order chi connectivity index (χ0) is 19.4. The number of nitrogens with zero attached hydrogens (tertiary/aromatic N) is 3. The zero-order valence-corrected chi connectivity index (χ0v) is 15.7. The molecule has 0 radical (unpaired) electrons. The van der Waals surface area contributed by atoms with E-state index >= 15 is 0 Å². The first-order valence-electron chi connectivity index (χ1n) is 8.55. The van der Waals surface area contributed by atoms with Crippen molar-refractivity contribution in [1.82, 2.24) is 15.0 Å². The van der Waals surface area contributed by atoms with E-state index in [0.29, 0.717) is 23.0 Å². The van der Waals surface area contributed by atoms with Crippen LogP contribution in [0.2, 0.25) is 5.02 Å². The molecule has 1 aliphatic rings. The molecule has 0 fully saturated rings. The van der Waals surface area contributed by atoms with Crippen LogP contribution in [0.25, 0.3) is 5.70 Å². The number of benzene rings is 1. The smallest absolute Gasteiger partial charge is 0.345 e. The maximum atomic E-state index is 12.7. The standard InChI is InChI=1S/C19H19ClN4O3/c1-3-27-19(26)15-11-21-17-16(8-7-12(2)24(17)18(15)25)23-22-10-13-5-4-6-14(20)9-13/h4-6,8-12,23H,3,7H2,1-2H3/b22-10+. The lowest BCUT2D eigenvalue weighted by Crippen LogP contribution is -2.35. The Labute approximate surface area is 161 Å². The van der Waals surface area contributed by atoms with Crippen LogP contribution in [-0.2, 0) is 4.74 Å². The van der Waals surface area contributed by atoms with Crippen molar-refractivity contribution in [2.24, 2.45) is 5.10 Å². The molecule has 7 nitrogen and oxygen atoms in total. The fraction of sp³-hybridized carbons (Fsp3) is 0.263. The van der Waals surface area contributed by atoms with Crippen LogP contribution in [0.4, 0.5) is 0 Å². The van der Waals surface area contributed by atoms with E-state index in [4.69, 9.17) is 16.3 Å². The molecule has 1 unspecified atom stereocenters. The first-order valence-corrected chi connectivity index (χ1v) is 8.93. The minimum atomic E-state index is -0.666. The van der Waals surface area contributed by atoms with Crippen LogP contribution in [-0.4, -0.2) is 28.3 Å². The average molecular weight is 387 g/mol. The van der Waals surface area contributed by atoms with E-state index in [-0.39, 0.29) is 18.2 Å². The number of aromatic nitrogens is 2. The second kappa shape index (κ2) is 8.18. The lowest BCUT2D eigenvalue weighted by molar-refractivity contribution is 0.0522. The van der Waals surface area contributed by atoms with Gasteiger partial charge < -0.3 is 4.74 Å². The van der Waals surface area contributed by atoms with Gasteiger partial charge in [-0.05, 0) is 38.0 Å². The monoisotopic (exact) mass is 386 g/mol. The van der Waals surface area contributed by atoms with Crippen molar-refractivity contribution >= 4 is 29.5 Å².